The summed E-state index contributed by atoms with van der Waals surface area (Å²) in [5.74, 6) is 0.311. The molecule has 5 aromatic carbocycles. The van der Waals surface area contributed by atoms with Gasteiger partial charge in [-0.3, -0.25) is 0 Å². The molecule has 32 heavy (non-hydrogen) atoms. The Hall–Kier alpha value is -4.10. The molecular formula is C31H24O. The van der Waals surface area contributed by atoms with Crippen LogP contribution in [0.15, 0.2) is 121 Å². The van der Waals surface area contributed by atoms with Crippen molar-refractivity contribution in [3.63, 3.8) is 0 Å². The molecule has 5 aromatic rings. The van der Waals surface area contributed by atoms with Crippen LogP contribution < -0.4 is 0 Å². The van der Waals surface area contributed by atoms with E-state index in [0.29, 0.717) is 5.75 Å². The second-order valence-electron chi connectivity index (χ2n) is 7.94. The molecule has 0 saturated carbocycles. The highest BCUT2D eigenvalue weighted by molar-refractivity contribution is 6.02. The largest absolute Gasteiger partial charge is 0.507 e. The van der Waals surface area contributed by atoms with Gasteiger partial charge in [-0.05, 0) is 45.9 Å². The van der Waals surface area contributed by atoms with Gasteiger partial charge in [-0.25, -0.2) is 0 Å². The van der Waals surface area contributed by atoms with Crippen molar-refractivity contribution in [2.45, 2.75) is 6.92 Å². The predicted molar refractivity (Wildman–Crippen MR) is 135 cm³/mol. The van der Waals surface area contributed by atoms with Crippen molar-refractivity contribution in [1.82, 2.24) is 0 Å². The SMILES string of the molecule is Cc1c(-c2ccccc2)c(-c2ccccc2)c(O)c(-c2ccccc2)c1-c1ccccc1. The summed E-state index contributed by atoms with van der Waals surface area (Å²) in [7, 11) is 0. The second kappa shape index (κ2) is 8.56. The van der Waals surface area contributed by atoms with Crippen LogP contribution in [0.5, 0.6) is 5.75 Å². The lowest BCUT2D eigenvalue weighted by Crippen LogP contribution is -1.98. The monoisotopic (exact) mass is 412 g/mol. The van der Waals surface area contributed by atoms with Crippen LogP contribution in [0.3, 0.4) is 0 Å². The van der Waals surface area contributed by atoms with Crippen LogP contribution in [-0.4, -0.2) is 5.11 Å². The fraction of sp³-hybridized carbons (Fsp3) is 0.0323. The van der Waals surface area contributed by atoms with Crippen molar-refractivity contribution < 1.29 is 5.11 Å². The minimum absolute atomic E-state index is 0.311. The summed E-state index contributed by atoms with van der Waals surface area (Å²) in [5, 5.41) is 11.9. The van der Waals surface area contributed by atoms with Crippen molar-refractivity contribution in [2.24, 2.45) is 0 Å². The van der Waals surface area contributed by atoms with Crippen molar-refractivity contribution in [1.29, 1.82) is 0 Å². The van der Waals surface area contributed by atoms with E-state index in [0.717, 1.165) is 50.1 Å². The molecule has 0 spiro atoms. The average molecular weight is 413 g/mol. The summed E-state index contributed by atoms with van der Waals surface area (Å²) in [6.45, 7) is 2.17. The van der Waals surface area contributed by atoms with E-state index < -0.39 is 0 Å². The highest BCUT2D eigenvalue weighted by atomic mass is 16.3. The standard InChI is InChI=1S/C31H24O/c1-22-27(23-14-6-2-7-15-23)29(25-18-10-4-11-19-25)31(32)30(26-20-12-5-13-21-26)28(22)24-16-8-3-9-17-24/h2-21,32H,1H3. The molecule has 0 unspecified atom stereocenters. The summed E-state index contributed by atoms with van der Waals surface area (Å²) < 4.78 is 0. The van der Waals surface area contributed by atoms with Crippen LogP contribution in [0, 0.1) is 6.92 Å². The minimum Gasteiger partial charge on any atom is -0.507 e. The van der Waals surface area contributed by atoms with Gasteiger partial charge in [0.1, 0.15) is 5.75 Å². The number of phenols is 1. The van der Waals surface area contributed by atoms with Gasteiger partial charge < -0.3 is 5.11 Å². The zero-order chi connectivity index (χ0) is 21.9. The third-order valence-electron chi connectivity index (χ3n) is 5.97. The molecule has 0 saturated heterocycles. The highest BCUT2D eigenvalue weighted by Gasteiger charge is 2.25. The van der Waals surface area contributed by atoms with Gasteiger partial charge in [0.15, 0.2) is 0 Å². The number of benzene rings is 5. The highest BCUT2D eigenvalue weighted by Crippen LogP contribution is 2.51. The molecule has 1 heteroatoms. The topological polar surface area (TPSA) is 20.2 Å². The number of hydrogen-bond acceptors (Lipinski definition) is 1. The van der Waals surface area contributed by atoms with Gasteiger partial charge in [0, 0.05) is 11.1 Å². The quantitative estimate of drug-likeness (QED) is 0.314. The third-order valence-corrected chi connectivity index (χ3v) is 5.97. The lowest BCUT2D eigenvalue weighted by atomic mass is 9.81. The number of hydrogen-bond donors (Lipinski definition) is 1. The average Bonchev–Trinajstić information content (AvgIpc) is 2.87. The maximum Gasteiger partial charge on any atom is 0.132 e. The maximum absolute atomic E-state index is 11.9. The molecular weight excluding hydrogens is 388 g/mol. The molecule has 0 amide bonds. The zero-order valence-electron chi connectivity index (χ0n) is 18.0. The van der Waals surface area contributed by atoms with Gasteiger partial charge in [0.25, 0.3) is 0 Å². The van der Waals surface area contributed by atoms with Crippen molar-refractivity contribution in [3.8, 4) is 50.3 Å². The van der Waals surface area contributed by atoms with Crippen molar-refractivity contribution in [2.75, 3.05) is 0 Å². The first-order valence-electron chi connectivity index (χ1n) is 10.9. The van der Waals surface area contributed by atoms with Crippen LogP contribution in [0.1, 0.15) is 5.56 Å². The molecule has 0 aliphatic heterocycles. The van der Waals surface area contributed by atoms with Crippen LogP contribution in [0.25, 0.3) is 44.5 Å². The molecule has 1 N–H and O–H groups in total. The van der Waals surface area contributed by atoms with Gasteiger partial charge in [-0.15, -0.1) is 0 Å². The number of rotatable bonds is 4. The lowest BCUT2D eigenvalue weighted by Gasteiger charge is -2.24. The normalized spacial score (nSPS) is 10.8. The van der Waals surface area contributed by atoms with E-state index in [1.54, 1.807) is 0 Å². The molecule has 0 bridgehead atoms. The van der Waals surface area contributed by atoms with E-state index in [-0.39, 0.29) is 0 Å². The Morgan fingerprint density at radius 2 is 0.625 bits per heavy atom. The summed E-state index contributed by atoms with van der Waals surface area (Å²) in [6, 6.07) is 41.1. The number of aromatic hydroxyl groups is 1. The Bertz CT molecular complexity index is 1130. The molecule has 0 fully saturated rings. The van der Waals surface area contributed by atoms with E-state index >= 15 is 0 Å². The molecule has 0 radical (unpaired) electrons. The summed E-state index contributed by atoms with van der Waals surface area (Å²) >= 11 is 0. The fourth-order valence-corrected chi connectivity index (χ4v) is 4.56. The van der Waals surface area contributed by atoms with Gasteiger partial charge >= 0.3 is 0 Å². The first-order valence-corrected chi connectivity index (χ1v) is 10.9. The van der Waals surface area contributed by atoms with E-state index in [4.69, 9.17) is 0 Å². The van der Waals surface area contributed by atoms with E-state index in [9.17, 15) is 5.11 Å². The summed E-state index contributed by atoms with van der Waals surface area (Å²) in [5.41, 5.74) is 9.21. The third kappa shape index (κ3) is 3.48. The van der Waals surface area contributed by atoms with Crippen LogP contribution in [0.4, 0.5) is 0 Å². The fourth-order valence-electron chi connectivity index (χ4n) is 4.56. The first-order chi connectivity index (χ1) is 15.8. The molecule has 0 heterocycles. The summed E-state index contributed by atoms with van der Waals surface area (Å²) in [4.78, 5) is 0. The summed E-state index contributed by atoms with van der Waals surface area (Å²) in [6.07, 6.45) is 0. The van der Waals surface area contributed by atoms with Crippen LogP contribution in [0.2, 0.25) is 0 Å². The molecule has 5 rings (SSSR count). The first kappa shape index (κ1) is 19.8. The van der Waals surface area contributed by atoms with E-state index in [2.05, 4.69) is 55.5 Å². The maximum atomic E-state index is 11.9. The Morgan fingerprint density at radius 1 is 0.375 bits per heavy atom. The van der Waals surface area contributed by atoms with Gasteiger partial charge in [0.05, 0.1) is 0 Å². The Balaban J connectivity index is 1.97. The van der Waals surface area contributed by atoms with Gasteiger partial charge in [-0.2, -0.15) is 0 Å². The number of phenolic OH excluding ortho intramolecular Hbond substituents is 1. The van der Waals surface area contributed by atoms with Crippen molar-refractivity contribution >= 4 is 0 Å². The Labute approximate surface area is 189 Å². The zero-order valence-corrected chi connectivity index (χ0v) is 18.0. The van der Waals surface area contributed by atoms with E-state index in [1.807, 2.05) is 72.8 Å². The Morgan fingerprint density at radius 3 is 0.906 bits per heavy atom. The molecule has 1 nitrogen and oxygen atoms in total. The smallest absolute Gasteiger partial charge is 0.132 e. The Kier molecular flexibility index (Phi) is 5.31. The minimum atomic E-state index is 0.311. The predicted octanol–water partition coefficient (Wildman–Crippen LogP) is 8.37. The van der Waals surface area contributed by atoms with Crippen molar-refractivity contribution in [3.05, 3.63) is 127 Å². The van der Waals surface area contributed by atoms with Gasteiger partial charge in [-0.1, -0.05) is 121 Å². The van der Waals surface area contributed by atoms with Gasteiger partial charge in [0.2, 0.25) is 0 Å². The van der Waals surface area contributed by atoms with Crippen LogP contribution >= 0.6 is 0 Å². The lowest BCUT2D eigenvalue weighted by molar-refractivity contribution is 0.479. The molecule has 0 aromatic heterocycles. The molecule has 154 valence electrons. The van der Waals surface area contributed by atoms with Crippen LogP contribution in [-0.2, 0) is 0 Å². The second-order valence-corrected chi connectivity index (χ2v) is 7.94. The van der Waals surface area contributed by atoms with E-state index in [1.165, 1.54) is 0 Å². The molecule has 0 atom stereocenters. The molecule has 0 aliphatic rings. The molecule has 0 aliphatic carbocycles.